The molecule has 0 spiro atoms. The van der Waals surface area contributed by atoms with E-state index < -0.39 is 0 Å². The summed E-state index contributed by atoms with van der Waals surface area (Å²) >= 11 is 1.80. The molecule has 2 aromatic rings. The number of hydrogen-bond donors (Lipinski definition) is 2. The van der Waals surface area contributed by atoms with E-state index in [1.165, 1.54) is 4.88 Å². The molecular weight excluding hydrogens is 527 g/mol. The van der Waals surface area contributed by atoms with Gasteiger partial charge < -0.3 is 24.8 Å². The predicted octanol–water partition coefficient (Wildman–Crippen LogP) is 3.51. The first-order chi connectivity index (χ1) is 14.7. The van der Waals surface area contributed by atoms with Gasteiger partial charge in [-0.3, -0.25) is 4.90 Å². The van der Waals surface area contributed by atoms with Crippen LogP contribution in [0.5, 0.6) is 11.5 Å². The largest absolute Gasteiger partial charge is 0.497 e. The third-order valence-electron chi connectivity index (χ3n) is 5.07. The normalized spacial score (nSPS) is 15.6. The van der Waals surface area contributed by atoms with Crippen molar-refractivity contribution in [3.05, 3.63) is 46.2 Å². The molecule has 0 aliphatic carbocycles. The van der Waals surface area contributed by atoms with E-state index in [0.29, 0.717) is 12.6 Å². The fourth-order valence-corrected chi connectivity index (χ4v) is 4.32. The Morgan fingerprint density at radius 3 is 2.65 bits per heavy atom. The molecule has 9 heteroatoms. The second kappa shape index (κ2) is 13.8. The quantitative estimate of drug-likeness (QED) is 0.278. The number of ether oxygens (including phenoxy) is 3. The summed E-state index contributed by atoms with van der Waals surface area (Å²) in [5, 5.41) is 9.02. The molecular formula is C22H33IN4O3S. The van der Waals surface area contributed by atoms with Gasteiger partial charge in [-0.1, -0.05) is 6.07 Å². The zero-order chi connectivity index (χ0) is 21.2. The van der Waals surface area contributed by atoms with Gasteiger partial charge in [0.15, 0.2) is 5.96 Å². The van der Waals surface area contributed by atoms with Crippen LogP contribution < -0.4 is 20.1 Å². The number of guanidine groups is 1. The first kappa shape index (κ1) is 25.7. The Labute approximate surface area is 206 Å². The van der Waals surface area contributed by atoms with Crippen molar-refractivity contribution in [2.75, 3.05) is 53.6 Å². The van der Waals surface area contributed by atoms with Gasteiger partial charge in [-0.15, -0.1) is 35.3 Å². The molecule has 1 fully saturated rings. The molecule has 2 N–H and O–H groups in total. The summed E-state index contributed by atoms with van der Waals surface area (Å²) < 4.78 is 16.3. The van der Waals surface area contributed by atoms with E-state index in [2.05, 4.69) is 40.0 Å². The minimum atomic E-state index is 0. The molecule has 172 valence electrons. The number of thiophene rings is 1. The second-order valence-electron chi connectivity index (χ2n) is 6.93. The SMILES string of the molecule is CCNC(=NCc1ccc(OC)cc1OC)NCC(c1cccs1)N1CCOCC1.I. The monoisotopic (exact) mass is 560 g/mol. The molecule has 0 amide bonds. The predicted molar refractivity (Wildman–Crippen MR) is 137 cm³/mol. The lowest BCUT2D eigenvalue weighted by molar-refractivity contribution is 0.0177. The molecule has 31 heavy (non-hydrogen) atoms. The number of aliphatic imine (C=N–C) groups is 1. The molecule has 7 nitrogen and oxygen atoms in total. The van der Waals surface area contributed by atoms with Gasteiger partial charge in [-0.05, 0) is 30.5 Å². The summed E-state index contributed by atoms with van der Waals surface area (Å²) in [7, 11) is 3.32. The van der Waals surface area contributed by atoms with Crippen molar-refractivity contribution < 1.29 is 14.2 Å². The zero-order valence-electron chi connectivity index (χ0n) is 18.4. The Hall–Kier alpha value is -1.56. The van der Waals surface area contributed by atoms with Crippen LogP contribution in [0.25, 0.3) is 0 Å². The maximum absolute atomic E-state index is 5.54. The van der Waals surface area contributed by atoms with Crippen LogP contribution >= 0.6 is 35.3 Å². The number of hydrogen-bond acceptors (Lipinski definition) is 6. The number of nitrogens with zero attached hydrogens (tertiary/aromatic N) is 2. The second-order valence-corrected chi connectivity index (χ2v) is 7.91. The van der Waals surface area contributed by atoms with Gasteiger partial charge in [0.25, 0.3) is 0 Å². The molecule has 3 rings (SSSR count). The van der Waals surface area contributed by atoms with Crippen LogP contribution in [0.2, 0.25) is 0 Å². The number of benzene rings is 1. The fraction of sp³-hybridized carbons (Fsp3) is 0.500. The molecule has 1 aromatic heterocycles. The summed E-state index contributed by atoms with van der Waals surface area (Å²) in [6.45, 7) is 7.63. The summed E-state index contributed by atoms with van der Waals surface area (Å²) in [5.41, 5.74) is 1.01. The highest BCUT2D eigenvalue weighted by atomic mass is 127. The number of methoxy groups -OCH3 is 2. The first-order valence-corrected chi connectivity index (χ1v) is 11.2. The highest BCUT2D eigenvalue weighted by molar-refractivity contribution is 14.0. The molecule has 1 aliphatic heterocycles. The lowest BCUT2D eigenvalue weighted by Gasteiger charge is -2.34. The lowest BCUT2D eigenvalue weighted by atomic mass is 10.2. The van der Waals surface area contributed by atoms with Gasteiger partial charge >= 0.3 is 0 Å². The highest BCUT2D eigenvalue weighted by Crippen LogP contribution is 2.26. The van der Waals surface area contributed by atoms with Gasteiger partial charge in [0.05, 0.1) is 40.0 Å². The van der Waals surface area contributed by atoms with Crippen molar-refractivity contribution in [1.29, 1.82) is 0 Å². The zero-order valence-corrected chi connectivity index (χ0v) is 21.6. The van der Waals surface area contributed by atoms with Crippen LogP contribution in [0.3, 0.4) is 0 Å². The Bertz CT molecular complexity index is 798. The summed E-state index contributed by atoms with van der Waals surface area (Å²) in [6.07, 6.45) is 0. The Balaban J connectivity index is 0.00000341. The van der Waals surface area contributed by atoms with Gasteiger partial charge in [-0.2, -0.15) is 0 Å². The topological polar surface area (TPSA) is 67.4 Å². The third kappa shape index (κ3) is 7.51. The fourth-order valence-electron chi connectivity index (χ4n) is 3.46. The molecule has 0 radical (unpaired) electrons. The summed E-state index contributed by atoms with van der Waals surface area (Å²) in [6, 6.07) is 10.4. The van der Waals surface area contributed by atoms with Crippen molar-refractivity contribution in [2.45, 2.75) is 19.5 Å². The van der Waals surface area contributed by atoms with E-state index in [4.69, 9.17) is 19.2 Å². The molecule has 1 aliphatic rings. The average molecular weight is 561 g/mol. The Kier molecular flexibility index (Phi) is 11.4. The van der Waals surface area contributed by atoms with Crippen molar-refractivity contribution in [3.8, 4) is 11.5 Å². The van der Waals surface area contributed by atoms with Gasteiger partial charge in [0.2, 0.25) is 0 Å². The van der Waals surface area contributed by atoms with Crippen LogP contribution in [0.15, 0.2) is 40.7 Å². The summed E-state index contributed by atoms with van der Waals surface area (Å²) in [5.74, 6) is 2.35. The van der Waals surface area contributed by atoms with E-state index >= 15 is 0 Å². The van der Waals surface area contributed by atoms with Crippen molar-refractivity contribution in [1.82, 2.24) is 15.5 Å². The van der Waals surface area contributed by atoms with Crippen molar-refractivity contribution in [2.24, 2.45) is 4.99 Å². The van der Waals surface area contributed by atoms with E-state index in [9.17, 15) is 0 Å². The van der Waals surface area contributed by atoms with E-state index in [1.807, 2.05) is 18.2 Å². The molecule has 1 unspecified atom stereocenters. The van der Waals surface area contributed by atoms with Gasteiger partial charge in [0, 0.05) is 42.7 Å². The van der Waals surface area contributed by atoms with Gasteiger partial charge in [-0.25, -0.2) is 4.99 Å². The van der Waals surface area contributed by atoms with E-state index in [0.717, 1.165) is 62.4 Å². The number of halogens is 1. The van der Waals surface area contributed by atoms with Crippen LogP contribution in [-0.2, 0) is 11.3 Å². The highest BCUT2D eigenvalue weighted by Gasteiger charge is 2.23. The van der Waals surface area contributed by atoms with E-state index in [-0.39, 0.29) is 24.0 Å². The van der Waals surface area contributed by atoms with Crippen LogP contribution in [0, 0.1) is 0 Å². The maximum Gasteiger partial charge on any atom is 0.191 e. The minimum Gasteiger partial charge on any atom is -0.497 e. The van der Waals surface area contributed by atoms with Crippen molar-refractivity contribution >= 4 is 41.3 Å². The lowest BCUT2D eigenvalue weighted by Crippen LogP contribution is -2.46. The number of nitrogens with one attached hydrogen (secondary N) is 2. The molecule has 1 aromatic carbocycles. The van der Waals surface area contributed by atoms with E-state index in [1.54, 1.807) is 25.6 Å². The number of morpholine rings is 1. The van der Waals surface area contributed by atoms with Gasteiger partial charge in [0.1, 0.15) is 11.5 Å². The molecule has 1 atom stereocenters. The van der Waals surface area contributed by atoms with Crippen molar-refractivity contribution in [3.63, 3.8) is 0 Å². The smallest absolute Gasteiger partial charge is 0.191 e. The van der Waals surface area contributed by atoms with Crippen LogP contribution in [0.1, 0.15) is 23.4 Å². The Morgan fingerprint density at radius 2 is 2.00 bits per heavy atom. The summed E-state index contributed by atoms with van der Waals surface area (Å²) in [4.78, 5) is 8.62. The number of rotatable bonds is 9. The average Bonchev–Trinajstić information content (AvgIpc) is 3.32. The Morgan fingerprint density at radius 1 is 1.19 bits per heavy atom. The minimum absolute atomic E-state index is 0. The maximum atomic E-state index is 5.54. The molecule has 0 saturated carbocycles. The standard InChI is InChI=1S/C22H32N4O3S.HI/c1-4-23-22(24-15-17-7-8-18(27-2)14-20(17)28-3)25-16-19(21-6-5-13-30-21)26-9-11-29-12-10-26;/h5-8,13-14,19H,4,9-12,15-16H2,1-3H3,(H2,23,24,25);1H. The van der Waals surface area contributed by atoms with Crippen LogP contribution in [0.4, 0.5) is 0 Å². The van der Waals surface area contributed by atoms with Crippen LogP contribution in [-0.4, -0.2) is 64.5 Å². The third-order valence-corrected chi connectivity index (χ3v) is 6.04. The molecule has 0 bridgehead atoms. The first-order valence-electron chi connectivity index (χ1n) is 10.3. The molecule has 2 heterocycles. The molecule has 1 saturated heterocycles.